The van der Waals surface area contributed by atoms with Crippen molar-refractivity contribution in [2.75, 3.05) is 7.11 Å². The Labute approximate surface area is 107 Å². The van der Waals surface area contributed by atoms with E-state index < -0.39 is 12.0 Å². The van der Waals surface area contributed by atoms with Crippen LogP contribution in [0.3, 0.4) is 0 Å². The molecule has 18 heavy (non-hydrogen) atoms. The molecular weight excluding hydrogens is 234 g/mol. The predicted molar refractivity (Wildman–Crippen MR) is 67.9 cm³/mol. The third-order valence-corrected chi connectivity index (χ3v) is 2.37. The number of ether oxygens (including phenoxy) is 2. The lowest BCUT2D eigenvalue weighted by molar-refractivity contribution is -0.137. The first-order valence-corrected chi connectivity index (χ1v) is 5.76. The molecule has 0 aromatic heterocycles. The summed E-state index contributed by atoms with van der Waals surface area (Å²) < 4.78 is 10.8. The van der Waals surface area contributed by atoms with Crippen LogP contribution in [0.2, 0.25) is 0 Å². The summed E-state index contributed by atoms with van der Waals surface area (Å²) in [6, 6.07) is 4.67. The summed E-state index contributed by atoms with van der Waals surface area (Å²) in [4.78, 5) is 10.6. The molecule has 1 aromatic rings. The maximum Gasteiger partial charge on any atom is 0.305 e. The molecule has 0 aliphatic heterocycles. The van der Waals surface area contributed by atoms with Crippen LogP contribution in [-0.2, 0) is 4.79 Å². The highest BCUT2D eigenvalue weighted by Gasteiger charge is 2.14. The molecule has 0 saturated carbocycles. The summed E-state index contributed by atoms with van der Waals surface area (Å²) in [5, 5.41) is 8.71. The molecule has 5 nitrogen and oxygen atoms in total. The van der Waals surface area contributed by atoms with Crippen molar-refractivity contribution in [1.29, 1.82) is 0 Å². The minimum Gasteiger partial charge on any atom is -0.493 e. The van der Waals surface area contributed by atoms with E-state index in [1.807, 2.05) is 13.8 Å². The topological polar surface area (TPSA) is 81.8 Å². The first-order valence-electron chi connectivity index (χ1n) is 5.76. The molecule has 5 heteroatoms. The summed E-state index contributed by atoms with van der Waals surface area (Å²) in [7, 11) is 1.54. The number of hydrogen-bond donors (Lipinski definition) is 2. The van der Waals surface area contributed by atoms with Crippen LogP contribution in [0, 0.1) is 0 Å². The fraction of sp³-hybridized carbons (Fsp3) is 0.462. The van der Waals surface area contributed by atoms with Gasteiger partial charge in [0, 0.05) is 6.04 Å². The largest absolute Gasteiger partial charge is 0.493 e. The zero-order valence-corrected chi connectivity index (χ0v) is 10.8. The summed E-state index contributed by atoms with van der Waals surface area (Å²) in [5.74, 6) is 0.254. The molecule has 0 fully saturated rings. The average molecular weight is 253 g/mol. The number of methoxy groups -OCH3 is 1. The smallest absolute Gasteiger partial charge is 0.305 e. The zero-order valence-electron chi connectivity index (χ0n) is 10.8. The Bertz CT molecular complexity index is 417. The quantitative estimate of drug-likeness (QED) is 0.809. The van der Waals surface area contributed by atoms with E-state index in [0.29, 0.717) is 17.1 Å². The molecule has 0 bridgehead atoms. The number of rotatable bonds is 6. The Hall–Kier alpha value is -1.75. The van der Waals surface area contributed by atoms with E-state index in [-0.39, 0.29) is 12.5 Å². The first-order chi connectivity index (χ1) is 8.43. The van der Waals surface area contributed by atoms with Crippen molar-refractivity contribution < 1.29 is 19.4 Å². The number of carboxylic acid groups (broad SMARTS) is 1. The lowest BCUT2D eigenvalue weighted by Gasteiger charge is -2.16. The van der Waals surface area contributed by atoms with Crippen molar-refractivity contribution in [3.8, 4) is 11.5 Å². The molecule has 0 saturated heterocycles. The molecule has 1 aromatic carbocycles. The van der Waals surface area contributed by atoms with Crippen LogP contribution in [0.5, 0.6) is 11.5 Å². The van der Waals surface area contributed by atoms with Gasteiger partial charge in [-0.25, -0.2) is 0 Å². The Morgan fingerprint density at radius 3 is 2.56 bits per heavy atom. The SMILES string of the molecule is COc1cc(C(N)CC(=O)O)ccc1OC(C)C. The molecule has 0 amide bonds. The van der Waals surface area contributed by atoms with E-state index in [2.05, 4.69) is 0 Å². The van der Waals surface area contributed by atoms with E-state index in [4.69, 9.17) is 20.3 Å². The number of benzene rings is 1. The molecule has 1 atom stereocenters. The predicted octanol–water partition coefficient (Wildman–Crippen LogP) is 1.96. The van der Waals surface area contributed by atoms with Crippen LogP contribution >= 0.6 is 0 Å². The van der Waals surface area contributed by atoms with E-state index in [1.165, 1.54) is 7.11 Å². The first kappa shape index (κ1) is 14.3. The van der Waals surface area contributed by atoms with E-state index in [9.17, 15) is 4.79 Å². The molecule has 0 spiro atoms. The van der Waals surface area contributed by atoms with E-state index in [1.54, 1.807) is 18.2 Å². The van der Waals surface area contributed by atoms with Crippen LogP contribution in [0.4, 0.5) is 0 Å². The van der Waals surface area contributed by atoms with Gasteiger partial charge in [-0.05, 0) is 31.5 Å². The summed E-state index contributed by atoms with van der Waals surface area (Å²) in [5.41, 5.74) is 6.51. The van der Waals surface area contributed by atoms with Crippen molar-refractivity contribution in [3.05, 3.63) is 23.8 Å². The van der Waals surface area contributed by atoms with Gasteiger partial charge in [0.25, 0.3) is 0 Å². The van der Waals surface area contributed by atoms with E-state index in [0.717, 1.165) is 0 Å². The molecule has 100 valence electrons. The van der Waals surface area contributed by atoms with Crippen molar-refractivity contribution in [1.82, 2.24) is 0 Å². The highest BCUT2D eigenvalue weighted by molar-refractivity contribution is 5.68. The van der Waals surface area contributed by atoms with Crippen LogP contribution in [-0.4, -0.2) is 24.3 Å². The normalized spacial score (nSPS) is 12.3. The highest BCUT2D eigenvalue weighted by Crippen LogP contribution is 2.31. The third-order valence-electron chi connectivity index (χ3n) is 2.37. The number of carbonyl (C=O) groups is 1. The minimum atomic E-state index is -0.927. The number of carboxylic acids is 1. The second-order valence-corrected chi connectivity index (χ2v) is 4.28. The van der Waals surface area contributed by atoms with Gasteiger partial charge in [-0.3, -0.25) is 4.79 Å². The molecule has 0 radical (unpaired) electrons. The van der Waals surface area contributed by atoms with Gasteiger partial charge in [-0.15, -0.1) is 0 Å². The van der Waals surface area contributed by atoms with Gasteiger partial charge in [0.15, 0.2) is 11.5 Å². The number of hydrogen-bond acceptors (Lipinski definition) is 4. The third kappa shape index (κ3) is 3.92. The standard InChI is InChI=1S/C13H19NO4/c1-8(2)18-11-5-4-9(6-12(11)17-3)10(14)7-13(15)16/h4-6,8,10H,7,14H2,1-3H3,(H,15,16). The van der Waals surface area contributed by atoms with E-state index >= 15 is 0 Å². The van der Waals surface area contributed by atoms with Gasteiger partial charge >= 0.3 is 5.97 Å². The van der Waals surface area contributed by atoms with Crippen molar-refractivity contribution in [2.45, 2.75) is 32.4 Å². The lowest BCUT2D eigenvalue weighted by atomic mass is 10.0. The Morgan fingerprint density at radius 2 is 2.06 bits per heavy atom. The Kier molecular flexibility index (Phi) is 4.97. The summed E-state index contributed by atoms with van der Waals surface area (Å²) >= 11 is 0. The Balaban J connectivity index is 2.94. The van der Waals surface area contributed by atoms with Crippen molar-refractivity contribution in [3.63, 3.8) is 0 Å². The number of nitrogens with two attached hydrogens (primary N) is 1. The molecule has 0 aliphatic rings. The second-order valence-electron chi connectivity index (χ2n) is 4.28. The van der Waals surface area contributed by atoms with Crippen LogP contribution in [0.1, 0.15) is 31.9 Å². The second kappa shape index (κ2) is 6.26. The van der Waals surface area contributed by atoms with Crippen LogP contribution in [0.25, 0.3) is 0 Å². The van der Waals surface area contributed by atoms with Gasteiger partial charge in [0.2, 0.25) is 0 Å². The monoisotopic (exact) mass is 253 g/mol. The van der Waals surface area contributed by atoms with Crippen molar-refractivity contribution >= 4 is 5.97 Å². The average Bonchev–Trinajstić information content (AvgIpc) is 2.27. The fourth-order valence-corrected chi connectivity index (χ4v) is 1.57. The van der Waals surface area contributed by atoms with Gasteiger partial charge < -0.3 is 20.3 Å². The molecule has 1 rings (SSSR count). The zero-order chi connectivity index (χ0) is 13.7. The Morgan fingerprint density at radius 1 is 1.39 bits per heavy atom. The molecular formula is C13H19NO4. The van der Waals surface area contributed by atoms with Crippen LogP contribution in [0.15, 0.2) is 18.2 Å². The summed E-state index contributed by atoms with van der Waals surface area (Å²) in [6.07, 6.45) is -0.0782. The summed E-state index contributed by atoms with van der Waals surface area (Å²) in [6.45, 7) is 3.84. The maximum atomic E-state index is 10.6. The van der Waals surface area contributed by atoms with Gasteiger partial charge in [-0.1, -0.05) is 6.07 Å². The van der Waals surface area contributed by atoms with Crippen LogP contribution < -0.4 is 15.2 Å². The number of aliphatic carboxylic acids is 1. The lowest BCUT2D eigenvalue weighted by Crippen LogP contribution is -2.15. The van der Waals surface area contributed by atoms with Gasteiger partial charge in [0.05, 0.1) is 19.6 Å². The molecule has 0 heterocycles. The molecule has 1 unspecified atom stereocenters. The molecule has 0 aliphatic carbocycles. The van der Waals surface area contributed by atoms with Crippen molar-refractivity contribution in [2.24, 2.45) is 5.73 Å². The maximum absolute atomic E-state index is 10.6. The molecule has 3 N–H and O–H groups in total. The van der Waals surface area contributed by atoms with Gasteiger partial charge in [0.1, 0.15) is 0 Å². The van der Waals surface area contributed by atoms with Gasteiger partial charge in [-0.2, -0.15) is 0 Å². The minimum absolute atomic E-state index is 0.0393. The highest BCUT2D eigenvalue weighted by atomic mass is 16.5. The fourth-order valence-electron chi connectivity index (χ4n) is 1.57.